The molecule has 12 heteroatoms. The number of imidazole rings is 2. The molecular weight excluding hydrogens is 654 g/mol. The Morgan fingerprint density at radius 3 is 1.73 bits per heavy atom. The molecule has 5 aromatic rings. The van der Waals surface area contributed by atoms with Crippen LogP contribution in [-0.2, 0) is 9.53 Å². The maximum atomic E-state index is 13.8. The van der Waals surface area contributed by atoms with E-state index in [9.17, 15) is 9.59 Å². The first-order chi connectivity index (χ1) is 25.0. The van der Waals surface area contributed by atoms with Crippen LogP contribution in [-0.4, -0.2) is 76.4 Å². The summed E-state index contributed by atoms with van der Waals surface area (Å²) in [5, 5.41) is 3.25. The second-order valence-corrected chi connectivity index (χ2v) is 15.0. The Morgan fingerprint density at radius 1 is 0.750 bits per heavy atom. The number of hydrogen-bond donors (Lipinski definition) is 3. The van der Waals surface area contributed by atoms with Crippen molar-refractivity contribution in [1.29, 1.82) is 0 Å². The van der Waals surface area contributed by atoms with E-state index >= 15 is 0 Å². The first-order valence-electron chi connectivity index (χ1n) is 18.2. The molecule has 0 spiro atoms. The number of rotatable bonds is 9. The maximum absolute atomic E-state index is 13.8. The Kier molecular flexibility index (Phi) is 9.81. The number of ether oxygens (including phenoxy) is 1. The molecule has 52 heavy (non-hydrogen) atoms. The first kappa shape index (κ1) is 34.9. The molecule has 2 aliphatic heterocycles. The molecule has 0 saturated carbocycles. The molecule has 0 bridgehead atoms. The molecule has 3 unspecified atom stereocenters. The standard InChI is InChI=1S/C40H47N9O3/c1-25(2)34(47-38-41-19-8-20-42-38)37(50)48-21-6-9-32(48)35-43-23-30(45-35)28-15-11-26(12-16-28)27-13-17-29(18-14-27)31-24-44-36(46-31)33-10-7-22-49(33)39(51)52-40(3,4)5/h8,11-20,23-25,32-34H,6-7,9-10,21-22H2,1-5H3,(H,43,45)(H,44,46)(H,41,42,47). The van der Waals surface area contributed by atoms with Gasteiger partial charge in [-0.2, -0.15) is 0 Å². The van der Waals surface area contributed by atoms with E-state index < -0.39 is 11.6 Å². The van der Waals surface area contributed by atoms with Gasteiger partial charge in [0.2, 0.25) is 11.9 Å². The number of carbonyl (C=O) groups is 2. The fraction of sp³-hybridized carbons (Fsp3) is 0.400. The van der Waals surface area contributed by atoms with E-state index in [-0.39, 0.29) is 30.0 Å². The largest absolute Gasteiger partial charge is 0.444 e. The first-order valence-corrected chi connectivity index (χ1v) is 18.2. The molecule has 2 amide bonds. The van der Waals surface area contributed by atoms with E-state index in [0.717, 1.165) is 71.0 Å². The number of nitrogens with zero attached hydrogens (tertiary/aromatic N) is 6. The summed E-state index contributed by atoms with van der Waals surface area (Å²) in [5.41, 5.74) is 5.52. The number of nitrogens with one attached hydrogen (secondary N) is 3. The zero-order valence-corrected chi connectivity index (χ0v) is 30.5. The number of amides is 2. The summed E-state index contributed by atoms with van der Waals surface area (Å²) in [5.74, 6) is 2.11. The summed E-state index contributed by atoms with van der Waals surface area (Å²) in [6.45, 7) is 11.1. The highest BCUT2D eigenvalue weighted by Crippen LogP contribution is 2.35. The second-order valence-electron chi connectivity index (χ2n) is 15.0. The van der Waals surface area contributed by atoms with Crippen molar-refractivity contribution in [2.24, 2.45) is 5.92 Å². The van der Waals surface area contributed by atoms with Crippen molar-refractivity contribution in [2.45, 2.75) is 84.0 Å². The highest BCUT2D eigenvalue weighted by molar-refractivity contribution is 5.85. The number of aromatic nitrogens is 6. The van der Waals surface area contributed by atoms with Crippen LogP contribution < -0.4 is 5.32 Å². The molecule has 3 aromatic heterocycles. The zero-order valence-electron chi connectivity index (χ0n) is 30.5. The predicted octanol–water partition coefficient (Wildman–Crippen LogP) is 7.80. The van der Waals surface area contributed by atoms with Crippen LogP contribution in [0.2, 0.25) is 0 Å². The second kappa shape index (κ2) is 14.6. The van der Waals surface area contributed by atoms with Gasteiger partial charge in [0.05, 0.1) is 35.9 Å². The number of benzene rings is 2. The van der Waals surface area contributed by atoms with Crippen molar-refractivity contribution < 1.29 is 14.3 Å². The minimum atomic E-state index is -0.542. The third-order valence-corrected chi connectivity index (χ3v) is 9.75. The lowest BCUT2D eigenvalue weighted by Crippen LogP contribution is -2.45. The molecule has 3 N–H and O–H groups in total. The molecule has 2 saturated heterocycles. The van der Waals surface area contributed by atoms with Crippen molar-refractivity contribution in [3.8, 4) is 33.6 Å². The van der Waals surface area contributed by atoms with Crippen LogP contribution >= 0.6 is 0 Å². The van der Waals surface area contributed by atoms with Gasteiger partial charge in [-0.1, -0.05) is 62.4 Å². The predicted molar refractivity (Wildman–Crippen MR) is 200 cm³/mol. The number of aromatic amines is 2. The van der Waals surface area contributed by atoms with Crippen LogP contribution in [0, 0.1) is 5.92 Å². The Bertz CT molecular complexity index is 1980. The third-order valence-electron chi connectivity index (χ3n) is 9.75. The van der Waals surface area contributed by atoms with Crippen LogP contribution in [0.5, 0.6) is 0 Å². The van der Waals surface area contributed by atoms with Gasteiger partial charge in [-0.05, 0) is 80.7 Å². The Morgan fingerprint density at radius 2 is 1.23 bits per heavy atom. The van der Waals surface area contributed by atoms with Crippen LogP contribution in [0.15, 0.2) is 79.4 Å². The van der Waals surface area contributed by atoms with Gasteiger partial charge in [0.15, 0.2) is 0 Å². The van der Waals surface area contributed by atoms with Crippen LogP contribution in [0.3, 0.4) is 0 Å². The molecule has 5 heterocycles. The van der Waals surface area contributed by atoms with Crippen molar-refractivity contribution in [3.05, 3.63) is 91.0 Å². The van der Waals surface area contributed by atoms with Crippen LogP contribution in [0.4, 0.5) is 10.7 Å². The van der Waals surface area contributed by atoms with Gasteiger partial charge in [0.1, 0.15) is 23.3 Å². The molecule has 7 rings (SSSR count). The van der Waals surface area contributed by atoms with Gasteiger partial charge in [-0.15, -0.1) is 0 Å². The molecular formula is C40H47N9O3. The number of anilines is 1. The van der Waals surface area contributed by atoms with Gasteiger partial charge in [-0.3, -0.25) is 9.69 Å². The van der Waals surface area contributed by atoms with E-state index in [1.54, 1.807) is 23.4 Å². The molecule has 0 aliphatic carbocycles. The van der Waals surface area contributed by atoms with Gasteiger partial charge in [-0.25, -0.2) is 24.7 Å². The van der Waals surface area contributed by atoms with Gasteiger partial charge >= 0.3 is 6.09 Å². The Balaban J connectivity index is 1.00. The summed E-state index contributed by atoms with van der Waals surface area (Å²) in [4.78, 5) is 55.2. The van der Waals surface area contributed by atoms with Crippen LogP contribution in [0.25, 0.3) is 33.6 Å². The SMILES string of the molecule is CC(C)C(Nc1ncccn1)C(=O)N1CCCC1c1ncc(-c2ccc(-c3ccc(-c4cnc(C5CCCN5C(=O)OC(C)(C)C)[nH]4)cc3)cc2)[nH]1. The van der Waals surface area contributed by atoms with Crippen molar-refractivity contribution in [3.63, 3.8) is 0 Å². The Labute approximate surface area is 304 Å². The molecule has 270 valence electrons. The third kappa shape index (κ3) is 7.56. The number of H-pyrrole nitrogens is 2. The molecule has 0 radical (unpaired) electrons. The summed E-state index contributed by atoms with van der Waals surface area (Å²) >= 11 is 0. The minimum Gasteiger partial charge on any atom is -0.444 e. The smallest absolute Gasteiger partial charge is 0.410 e. The minimum absolute atomic E-state index is 0.0323. The molecule has 2 aromatic carbocycles. The zero-order chi connectivity index (χ0) is 36.4. The topological polar surface area (TPSA) is 145 Å². The summed E-state index contributed by atoms with van der Waals surface area (Å²) < 4.78 is 5.64. The lowest BCUT2D eigenvalue weighted by atomic mass is 10.0. The molecule has 3 atom stereocenters. The maximum Gasteiger partial charge on any atom is 0.410 e. The average molecular weight is 702 g/mol. The monoisotopic (exact) mass is 701 g/mol. The fourth-order valence-corrected chi connectivity index (χ4v) is 7.10. The van der Waals surface area contributed by atoms with Gasteiger partial charge in [0.25, 0.3) is 0 Å². The van der Waals surface area contributed by atoms with E-state index in [1.165, 1.54) is 0 Å². The Hall–Kier alpha value is -5.52. The average Bonchev–Trinajstić information content (AvgIpc) is 3.97. The molecule has 12 nitrogen and oxygen atoms in total. The van der Waals surface area contributed by atoms with Crippen LogP contribution in [0.1, 0.15) is 84.0 Å². The van der Waals surface area contributed by atoms with E-state index in [1.807, 2.05) is 51.9 Å². The number of likely N-dealkylation sites (tertiary alicyclic amines) is 2. The normalized spacial score (nSPS) is 18.2. The molecule has 2 aliphatic rings. The van der Waals surface area contributed by atoms with Crippen molar-refractivity contribution in [2.75, 3.05) is 18.4 Å². The van der Waals surface area contributed by atoms with Crippen molar-refractivity contribution >= 4 is 17.9 Å². The van der Waals surface area contributed by atoms with E-state index in [0.29, 0.717) is 19.0 Å². The van der Waals surface area contributed by atoms with Gasteiger partial charge < -0.3 is 24.9 Å². The summed E-state index contributed by atoms with van der Waals surface area (Å²) in [6, 6.07) is 17.9. The molecule has 2 fully saturated rings. The summed E-state index contributed by atoms with van der Waals surface area (Å²) in [7, 11) is 0. The quantitative estimate of drug-likeness (QED) is 0.141. The highest BCUT2D eigenvalue weighted by atomic mass is 16.6. The van der Waals surface area contributed by atoms with E-state index in [2.05, 4.69) is 78.8 Å². The summed E-state index contributed by atoms with van der Waals surface area (Å²) in [6.07, 6.45) is 10.3. The lowest BCUT2D eigenvalue weighted by molar-refractivity contribution is -0.134. The van der Waals surface area contributed by atoms with E-state index in [4.69, 9.17) is 9.72 Å². The lowest BCUT2D eigenvalue weighted by Gasteiger charge is -2.30. The fourth-order valence-electron chi connectivity index (χ4n) is 7.10. The number of carbonyl (C=O) groups excluding carboxylic acids is 2. The van der Waals surface area contributed by atoms with Gasteiger partial charge in [0, 0.05) is 25.5 Å². The number of hydrogen-bond acceptors (Lipinski definition) is 8. The van der Waals surface area contributed by atoms with Crippen molar-refractivity contribution in [1.82, 2.24) is 39.7 Å². The highest BCUT2D eigenvalue weighted by Gasteiger charge is 2.37.